The maximum Gasteiger partial charge on any atom is 0.159 e. The van der Waals surface area contributed by atoms with Gasteiger partial charge in [0, 0.05) is 11.6 Å². The van der Waals surface area contributed by atoms with Gasteiger partial charge in [-0.3, -0.25) is 0 Å². The number of hydrogen-bond acceptors (Lipinski definition) is 2. The second kappa shape index (κ2) is 6.41. The standard InChI is InChI=1S/C17H26F2N2/c1-12-5-4-8-17(11-12,21(2)3)16(20)10-13-6-7-14(18)15(19)9-13/h6-7,9,12,16H,4-5,8,10-11,20H2,1-3H3. The summed E-state index contributed by atoms with van der Waals surface area (Å²) in [4.78, 5) is 2.23. The zero-order valence-corrected chi connectivity index (χ0v) is 13.2. The van der Waals surface area contributed by atoms with Crippen molar-refractivity contribution in [1.29, 1.82) is 0 Å². The van der Waals surface area contributed by atoms with E-state index in [-0.39, 0.29) is 11.6 Å². The Morgan fingerprint density at radius 1 is 1.33 bits per heavy atom. The molecule has 1 aromatic carbocycles. The van der Waals surface area contributed by atoms with Gasteiger partial charge in [-0.1, -0.05) is 25.8 Å². The van der Waals surface area contributed by atoms with Crippen LogP contribution in [0.2, 0.25) is 0 Å². The lowest BCUT2D eigenvalue weighted by Gasteiger charge is -2.49. The van der Waals surface area contributed by atoms with Crippen LogP contribution in [-0.4, -0.2) is 30.6 Å². The zero-order chi connectivity index (χ0) is 15.6. The second-order valence-corrected chi connectivity index (χ2v) is 6.76. The van der Waals surface area contributed by atoms with Crippen LogP contribution in [0.15, 0.2) is 18.2 Å². The van der Waals surface area contributed by atoms with Gasteiger partial charge >= 0.3 is 0 Å². The molecule has 1 fully saturated rings. The lowest BCUT2D eigenvalue weighted by molar-refractivity contribution is 0.0503. The van der Waals surface area contributed by atoms with Gasteiger partial charge < -0.3 is 10.6 Å². The second-order valence-electron chi connectivity index (χ2n) is 6.76. The quantitative estimate of drug-likeness (QED) is 0.923. The van der Waals surface area contributed by atoms with Crippen LogP contribution >= 0.6 is 0 Å². The number of hydrogen-bond donors (Lipinski definition) is 1. The molecule has 2 N–H and O–H groups in total. The normalized spacial score (nSPS) is 27.9. The van der Waals surface area contributed by atoms with Crippen LogP contribution in [0.25, 0.3) is 0 Å². The topological polar surface area (TPSA) is 29.3 Å². The summed E-state index contributed by atoms with van der Waals surface area (Å²) < 4.78 is 26.4. The summed E-state index contributed by atoms with van der Waals surface area (Å²) in [5.74, 6) is -0.950. The predicted octanol–water partition coefficient (Wildman–Crippen LogP) is 3.35. The molecule has 21 heavy (non-hydrogen) atoms. The lowest BCUT2D eigenvalue weighted by atomic mass is 9.70. The van der Waals surface area contributed by atoms with Crippen LogP contribution in [0.5, 0.6) is 0 Å². The third-order valence-electron chi connectivity index (χ3n) is 5.03. The Kier molecular flexibility index (Phi) is 4.99. The van der Waals surface area contributed by atoms with Crippen molar-refractivity contribution in [3.8, 4) is 0 Å². The van der Waals surface area contributed by atoms with Crippen molar-refractivity contribution >= 4 is 0 Å². The minimum Gasteiger partial charge on any atom is -0.326 e. The van der Waals surface area contributed by atoms with E-state index in [1.807, 2.05) is 0 Å². The molecule has 118 valence electrons. The van der Waals surface area contributed by atoms with Crippen LogP contribution < -0.4 is 5.73 Å². The Bertz CT molecular complexity index is 490. The average Bonchev–Trinajstić information content (AvgIpc) is 2.42. The van der Waals surface area contributed by atoms with Gasteiger partial charge in [0.15, 0.2) is 11.6 Å². The van der Waals surface area contributed by atoms with Crippen molar-refractivity contribution in [2.24, 2.45) is 11.7 Å². The molecule has 1 aliphatic carbocycles. The maximum absolute atomic E-state index is 13.4. The number of nitrogens with zero attached hydrogens (tertiary/aromatic N) is 1. The molecule has 2 rings (SSSR count). The average molecular weight is 296 g/mol. The Balaban J connectivity index is 2.18. The molecular weight excluding hydrogens is 270 g/mol. The van der Waals surface area contributed by atoms with Crippen LogP contribution in [0, 0.1) is 17.6 Å². The van der Waals surface area contributed by atoms with E-state index in [0.29, 0.717) is 12.3 Å². The van der Waals surface area contributed by atoms with Crippen molar-refractivity contribution in [1.82, 2.24) is 4.90 Å². The fraction of sp³-hybridized carbons (Fsp3) is 0.647. The first-order chi connectivity index (χ1) is 9.85. The van der Waals surface area contributed by atoms with Gasteiger partial charge in [-0.25, -0.2) is 8.78 Å². The third-order valence-corrected chi connectivity index (χ3v) is 5.03. The first-order valence-electron chi connectivity index (χ1n) is 7.72. The summed E-state index contributed by atoms with van der Waals surface area (Å²) in [5.41, 5.74) is 7.22. The summed E-state index contributed by atoms with van der Waals surface area (Å²) in [5, 5.41) is 0. The Morgan fingerprint density at radius 3 is 2.62 bits per heavy atom. The highest BCUT2D eigenvalue weighted by Crippen LogP contribution is 2.38. The van der Waals surface area contributed by atoms with E-state index in [2.05, 4.69) is 25.9 Å². The van der Waals surface area contributed by atoms with Gasteiger partial charge in [-0.2, -0.15) is 0 Å². The molecule has 2 nitrogen and oxygen atoms in total. The van der Waals surface area contributed by atoms with E-state index < -0.39 is 11.6 Å². The third kappa shape index (κ3) is 3.43. The van der Waals surface area contributed by atoms with E-state index in [1.165, 1.54) is 25.0 Å². The smallest absolute Gasteiger partial charge is 0.159 e. The molecule has 1 aliphatic rings. The monoisotopic (exact) mass is 296 g/mol. The minimum absolute atomic E-state index is 0.0530. The van der Waals surface area contributed by atoms with Crippen molar-refractivity contribution in [2.75, 3.05) is 14.1 Å². The van der Waals surface area contributed by atoms with Gasteiger partial charge in [0.2, 0.25) is 0 Å². The Labute approximate surface area is 126 Å². The molecular formula is C17H26F2N2. The highest BCUT2D eigenvalue weighted by atomic mass is 19.2. The lowest BCUT2D eigenvalue weighted by Crippen LogP contribution is -2.60. The maximum atomic E-state index is 13.4. The predicted molar refractivity (Wildman–Crippen MR) is 82.1 cm³/mol. The molecule has 1 saturated carbocycles. The largest absolute Gasteiger partial charge is 0.326 e. The molecule has 1 aromatic rings. The highest BCUT2D eigenvalue weighted by Gasteiger charge is 2.41. The van der Waals surface area contributed by atoms with Crippen LogP contribution in [-0.2, 0) is 6.42 Å². The molecule has 3 unspecified atom stereocenters. The van der Waals surface area contributed by atoms with Gasteiger partial charge in [-0.05, 0) is 57.0 Å². The van der Waals surface area contributed by atoms with Crippen LogP contribution in [0.1, 0.15) is 38.2 Å². The van der Waals surface area contributed by atoms with E-state index >= 15 is 0 Å². The van der Waals surface area contributed by atoms with Gasteiger partial charge in [-0.15, -0.1) is 0 Å². The Morgan fingerprint density at radius 2 is 2.05 bits per heavy atom. The van der Waals surface area contributed by atoms with Crippen molar-refractivity contribution < 1.29 is 8.78 Å². The number of halogens is 2. The summed E-state index contributed by atoms with van der Waals surface area (Å²) >= 11 is 0. The van der Waals surface area contributed by atoms with Gasteiger partial charge in [0.25, 0.3) is 0 Å². The fourth-order valence-electron chi connectivity index (χ4n) is 3.75. The molecule has 4 heteroatoms. The number of rotatable bonds is 4. The van der Waals surface area contributed by atoms with E-state index in [9.17, 15) is 8.78 Å². The van der Waals surface area contributed by atoms with Gasteiger partial charge in [0.1, 0.15) is 0 Å². The molecule has 0 heterocycles. The van der Waals surface area contributed by atoms with Crippen molar-refractivity contribution in [3.63, 3.8) is 0 Å². The summed E-state index contributed by atoms with van der Waals surface area (Å²) in [6.45, 7) is 2.27. The van der Waals surface area contributed by atoms with Crippen molar-refractivity contribution in [3.05, 3.63) is 35.4 Å². The van der Waals surface area contributed by atoms with E-state index in [0.717, 1.165) is 18.4 Å². The van der Waals surface area contributed by atoms with E-state index in [1.54, 1.807) is 6.07 Å². The molecule has 0 saturated heterocycles. The molecule has 0 amide bonds. The van der Waals surface area contributed by atoms with Crippen molar-refractivity contribution in [2.45, 2.75) is 50.6 Å². The van der Waals surface area contributed by atoms with Crippen LogP contribution in [0.3, 0.4) is 0 Å². The number of nitrogens with two attached hydrogens (primary N) is 1. The summed E-state index contributed by atoms with van der Waals surface area (Å²) in [7, 11) is 4.15. The summed E-state index contributed by atoms with van der Waals surface area (Å²) in [6, 6.07) is 4.00. The first-order valence-corrected chi connectivity index (χ1v) is 7.72. The molecule has 3 atom stereocenters. The highest BCUT2D eigenvalue weighted by molar-refractivity contribution is 5.20. The molecule has 0 bridgehead atoms. The zero-order valence-electron chi connectivity index (χ0n) is 13.2. The minimum atomic E-state index is -0.805. The Hall–Kier alpha value is -1.00. The number of benzene rings is 1. The SMILES string of the molecule is CC1CCCC(C(N)Cc2ccc(F)c(F)c2)(N(C)C)C1. The molecule has 0 aromatic heterocycles. The fourth-order valence-corrected chi connectivity index (χ4v) is 3.75. The summed E-state index contributed by atoms with van der Waals surface area (Å²) in [6.07, 6.45) is 5.11. The van der Waals surface area contributed by atoms with Gasteiger partial charge in [0.05, 0.1) is 0 Å². The van der Waals surface area contributed by atoms with E-state index in [4.69, 9.17) is 5.73 Å². The first kappa shape index (κ1) is 16.4. The molecule has 0 spiro atoms. The van der Waals surface area contributed by atoms with Crippen LogP contribution in [0.4, 0.5) is 8.78 Å². The number of likely N-dealkylation sites (N-methyl/N-ethyl adjacent to an activating group) is 1. The molecule has 0 aliphatic heterocycles. The molecule has 0 radical (unpaired) electrons.